The summed E-state index contributed by atoms with van der Waals surface area (Å²) < 4.78 is 0. The number of pyridine rings is 1. The van der Waals surface area contributed by atoms with Crippen LogP contribution in [0, 0.1) is 0 Å². The molecule has 0 aliphatic rings. The maximum atomic E-state index is 12.4. The molecule has 2 rings (SSSR count). The van der Waals surface area contributed by atoms with Crippen LogP contribution in [0.25, 0.3) is 11.1 Å². The zero-order valence-corrected chi connectivity index (χ0v) is 15.3. The SMILES string of the molecule is CCC(=O)N[C@H](CCSC)C(=O)Nc1ccc(-c2ccccc2)cn1. The van der Waals surface area contributed by atoms with Crippen LogP contribution in [-0.2, 0) is 9.59 Å². The van der Waals surface area contributed by atoms with Gasteiger partial charge >= 0.3 is 0 Å². The van der Waals surface area contributed by atoms with Crippen molar-refractivity contribution in [2.45, 2.75) is 25.8 Å². The van der Waals surface area contributed by atoms with Gasteiger partial charge in [-0.3, -0.25) is 9.59 Å². The zero-order chi connectivity index (χ0) is 18.1. The predicted molar refractivity (Wildman–Crippen MR) is 104 cm³/mol. The number of aromatic nitrogens is 1. The van der Waals surface area contributed by atoms with Crippen molar-refractivity contribution in [1.82, 2.24) is 10.3 Å². The normalized spacial score (nSPS) is 11.6. The Hall–Kier alpha value is -2.34. The summed E-state index contributed by atoms with van der Waals surface area (Å²) in [6, 6.07) is 13.1. The Kier molecular flexibility index (Phi) is 7.47. The summed E-state index contributed by atoms with van der Waals surface area (Å²) in [4.78, 5) is 28.4. The molecule has 2 amide bonds. The van der Waals surface area contributed by atoms with E-state index in [-0.39, 0.29) is 11.8 Å². The van der Waals surface area contributed by atoms with Crippen molar-refractivity contribution in [3.8, 4) is 11.1 Å². The van der Waals surface area contributed by atoms with Crippen LogP contribution in [0.2, 0.25) is 0 Å². The van der Waals surface area contributed by atoms with E-state index in [9.17, 15) is 9.59 Å². The summed E-state index contributed by atoms with van der Waals surface area (Å²) in [5, 5.41) is 5.55. The van der Waals surface area contributed by atoms with Gasteiger partial charge in [-0.1, -0.05) is 37.3 Å². The lowest BCUT2D eigenvalue weighted by atomic mass is 10.1. The minimum Gasteiger partial charge on any atom is -0.344 e. The van der Waals surface area contributed by atoms with Gasteiger partial charge in [0.25, 0.3) is 0 Å². The second-order valence-electron chi connectivity index (χ2n) is 5.54. The molecule has 1 atom stereocenters. The molecule has 6 heteroatoms. The topological polar surface area (TPSA) is 71.1 Å². The predicted octanol–water partition coefficient (Wildman–Crippen LogP) is 3.34. The zero-order valence-electron chi connectivity index (χ0n) is 14.5. The van der Waals surface area contributed by atoms with Crippen molar-refractivity contribution in [2.24, 2.45) is 0 Å². The first-order chi connectivity index (χ1) is 12.1. The van der Waals surface area contributed by atoms with Crippen LogP contribution in [0.1, 0.15) is 19.8 Å². The second-order valence-corrected chi connectivity index (χ2v) is 6.53. The third-order valence-electron chi connectivity index (χ3n) is 3.71. The fourth-order valence-electron chi connectivity index (χ4n) is 2.28. The molecule has 1 aromatic carbocycles. The maximum Gasteiger partial charge on any atom is 0.248 e. The molecular weight excluding hydrogens is 334 g/mol. The van der Waals surface area contributed by atoms with E-state index in [1.54, 1.807) is 30.9 Å². The van der Waals surface area contributed by atoms with Crippen molar-refractivity contribution >= 4 is 29.4 Å². The second kappa shape index (κ2) is 9.84. The molecule has 25 heavy (non-hydrogen) atoms. The Morgan fingerprint density at radius 2 is 1.88 bits per heavy atom. The Morgan fingerprint density at radius 3 is 2.48 bits per heavy atom. The first-order valence-corrected chi connectivity index (χ1v) is 9.64. The quantitative estimate of drug-likeness (QED) is 0.760. The highest BCUT2D eigenvalue weighted by Gasteiger charge is 2.20. The van der Waals surface area contributed by atoms with Crippen LogP contribution < -0.4 is 10.6 Å². The van der Waals surface area contributed by atoms with Gasteiger partial charge in [0.1, 0.15) is 11.9 Å². The van der Waals surface area contributed by atoms with Gasteiger partial charge in [0, 0.05) is 18.2 Å². The van der Waals surface area contributed by atoms with Crippen molar-refractivity contribution < 1.29 is 9.59 Å². The molecule has 1 aromatic heterocycles. The van der Waals surface area contributed by atoms with E-state index < -0.39 is 6.04 Å². The number of thioether (sulfide) groups is 1. The van der Waals surface area contributed by atoms with E-state index in [0.717, 1.165) is 16.9 Å². The molecule has 0 aliphatic heterocycles. The van der Waals surface area contributed by atoms with Gasteiger partial charge in [-0.2, -0.15) is 11.8 Å². The minimum absolute atomic E-state index is 0.131. The standard InChI is InChI=1S/C19H23N3O2S/c1-3-18(23)21-16(11-12-25-2)19(24)22-17-10-9-15(13-20-17)14-7-5-4-6-8-14/h4-10,13,16H,3,11-12H2,1-2H3,(H,21,23)(H,20,22,24)/t16-/m1/s1. The lowest BCUT2D eigenvalue weighted by Gasteiger charge is -2.17. The van der Waals surface area contributed by atoms with Crippen molar-refractivity contribution in [3.05, 3.63) is 48.7 Å². The number of hydrogen-bond acceptors (Lipinski definition) is 4. The lowest BCUT2D eigenvalue weighted by Crippen LogP contribution is -2.44. The minimum atomic E-state index is -0.546. The Bertz CT molecular complexity index is 690. The molecular formula is C19H23N3O2S. The van der Waals surface area contributed by atoms with Crippen molar-refractivity contribution in [2.75, 3.05) is 17.3 Å². The Balaban J connectivity index is 2.03. The van der Waals surface area contributed by atoms with E-state index >= 15 is 0 Å². The number of nitrogens with zero attached hydrogens (tertiary/aromatic N) is 1. The summed E-state index contributed by atoms with van der Waals surface area (Å²) in [5.41, 5.74) is 2.05. The van der Waals surface area contributed by atoms with Gasteiger partial charge in [-0.15, -0.1) is 0 Å². The Morgan fingerprint density at radius 1 is 1.12 bits per heavy atom. The molecule has 1 heterocycles. The highest BCUT2D eigenvalue weighted by molar-refractivity contribution is 7.98. The van der Waals surface area contributed by atoms with E-state index in [0.29, 0.717) is 18.7 Å². The Labute approximate surface area is 152 Å². The summed E-state index contributed by atoms with van der Waals surface area (Å²) >= 11 is 1.64. The van der Waals surface area contributed by atoms with Crippen molar-refractivity contribution in [3.63, 3.8) is 0 Å². The molecule has 2 aromatic rings. The average molecular weight is 357 g/mol. The molecule has 0 aliphatic carbocycles. The molecule has 2 N–H and O–H groups in total. The van der Waals surface area contributed by atoms with Gasteiger partial charge in [0.15, 0.2) is 0 Å². The number of rotatable bonds is 8. The molecule has 0 saturated heterocycles. The molecule has 0 unspecified atom stereocenters. The number of hydrogen-bond donors (Lipinski definition) is 2. The monoisotopic (exact) mass is 357 g/mol. The smallest absolute Gasteiger partial charge is 0.248 e. The van der Waals surface area contributed by atoms with E-state index in [1.165, 1.54) is 0 Å². The fraction of sp³-hybridized carbons (Fsp3) is 0.316. The van der Waals surface area contributed by atoms with Crippen LogP contribution in [0.3, 0.4) is 0 Å². The summed E-state index contributed by atoms with van der Waals surface area (Å²) in [5.74, 6) is 0.900. The molecule has 132 valence electrons. The molecule has 5 nitrogen and oxygen atoms in total. The van der Waals surface area contributed by atoms with Gasteiger partial charge in [0.2, 0.25) is 11.8 Å². The average Bonchev–Trinajstić information content (AvgIpc) is 2.66. The van der Waals surface area contributed by atoms with Crippen LogP contribution in [0.15, 0.2) is 48.7 Å². The highest BCUT2D eigenvalue weighted by atomic mass is 32.2. The third kappa shape index (κ3) is 5.90. The van der Waals surface area contributed by atoms with Gasteiger partial charge in [-0.25, -0.2) is 4.98 Å². The van der Waals surface area contributed by atoms with Crippen LogP contribution in [0.5, 0.6) is 0 Å². The number of benzene rings is 1. The van der Waals surface area contributed by atoms with Crippen LogP contribution >= 0.6 is 11.8 Å². The first-order valence-electron chi connectivity index (χ1n) is 8.24. The summed E-state index contributed by atoms with van der Waals surface area (Å²) in [6.45, 7) is 1.77. The fourth-order valence-corrected chi connectivity index (χ4v) is 2.75. The van der Waals surface area contributed by atoms with Crippen LogP contribution in [-0.4, -0.2) is 34.8 Å². The number of anilines is 1. The number of carbonyl (C=O) groups is 2. The number of nitrogens with one attached hydrogen (secondary N) is 2. The van der Waals surface area contributed by atoms with Crippen LogP contribution in [0.4, 0.5) is 5.82 Å². The third-order valence-corrected chi connectivity index (χ3v) is 4.35. The van der Waals surface area contributed by atoms with Gasteiger partial charge < -0.3 is 10.6 Å². The maximum absolute atomic E-state index is 12.4. The largest absolute Gasteiger partial charge is 0.344 e. The molecule has 0 spiro atoms. The number of carbonyl (C=O) groups excluding carboxylic acids is 2. The van der Waals surface area contributed by atoms with E-state index in [4.69, 9.17) is 0 Å². The van der Waals surface area contributed by atoms with Crippen molar-refractivity contribution in [1.29, 1.82) is 0 Å². The molecule has 0 saturated carbocycles. The molecule has 0 fully saturated rings. The first kappa shape index (κ1) is 19.0. The lowest BCUT2D eigenvalue weighted by molar-refractivity contribution is -0.126. The van der Waals surface area contributed by atoms with E-state index in [2.05, 4.69) is 15.6 Å². The highest BCUT2D eigenvalue weighted by Crippen LogP contribution is 2.19. The van der Waals surface area contributed by atoms with Gasteiger partial charge in [-0.05, 0) is 36.1 Å². The summed E-state index contributed by atoms with van der Waals surface area (Å²) in [6.07, 6.45) is 4.64. The van der Waals surface area contributed by atoms with Gasteiger partial charge in [0.05, 0.1) is 0 Å². The molecule has 0 radical (unpaired) electrons. The van der Waals surface area contributed by atoms with E-state index in [1.807, 2.05) is 42.7 Å². The molecule has 0 bridgehead atoms. The number of amides is 2. The summed E-state index contributed by atoms with van der Waals surface area (Å²) in [7, 11) is 0.